The third-order valence-corrected chi connectivity index (χ3v) is 6.92. The number of ether oxygens (including phenoxy) is 3. The van der Waals surface area contributed by atoms with Gasteiger partial charge in [0.2, 0.25) is 6.23 Å². The summed E-state index contributed by atoms with van der Waals surface area (Å²) in [5, 5.41) is 8.11. The number of unbranched alkanes of at least 4 members (excludes halogenated alkanes) is 1. The maximum Gasteiger partial charge on any atom is 0.214 e. The first kappa shape index (κ1) is 23.8. The maximum atomic E-state index is 6.61. The molecule has 0 aromatic heterocycles. The van der Waals surface area contributed by atoms with Crippen molar-refractivity contribution in [1.29, 1.82) is 0 Å². The Bertz CT molecular complexity index is 1260. The van der Waals surface area contributed by atoms with E-state index < -0.39 is 6.23 Å². The van der Waals surface area contributed by atoms with Gasteiger partial charge in [0.05, 0.1) is 30.5 Å². The Morgan fingerprint density at radius 1 is 1.06 bits per heavy atom. The number of methoxy groups -OCH3 is 1. The van der Waals surface area contributed by atoms with E-state index in [0.717, 1.165) is 41.7 Å². The molecule has 0 saturated carbocycles. The van der Waals surface area contributed by atoms with Crippen LogP contribution in [-0.4, -0.2) is 24.4 Å². The highest BCUT2D eigenvalue weighted by atomic mass is 35.5. The second-order valence-electron chi connectivity index (χ2n) is 8.90. The SMILES string of the molecule is CCCCOc1ccc([C@H]2Oc3c(Cl)cc(Cl)cc3[C@H]3CC(c4ccc(C)cc4)=NN32)cc1OC. The van der Waals surface area contributed by atoms with Crippen molar-refractivity contribution >= 4 is 28.9 Å². The van der Waals surface area contributed by atoms with E-state index in [0.29, 0.717) is 33.9 Å². The smallest absolute Gasteiger partial charge is 0.214 e. The van der Waals surface area contributed by atoms with Crippen LogP contribution >= 0.6 is 23.2 Å². The molecule has 0 spiro atoms. The number of benzene rings is 3. The fourth-order valence-electron chi connectivity index (χ4n) is 4.54. The van der Waals surface area contributed by atoms with Gasteiger partial charge in [-0.25, -0.2) is 5.01 Å². The van der Waals surface area contributed by atoms with Crippen LogP contribution in [-0.2, 0) is 0 Å². The fourth-order valence-corrected chi connectivity index (χ4v) is 5.09. The van der Waals surface area contributed by atoms with Gasteiger partial charge in [-0.1, -0.05) is 66.4 Å². The molecule has 0 N–H and O–H groups in total. The van der Waals surface area contributed by atoms with Gasteiger partial charge in [0.15, 0.2) is 11.5 Å². The Morgan fingerprint density at radius 3 is 2.60 bits per heavy atom. The molecule has 3 aromatic rings. The largest absolute Gasteiger partial charge is 0.493 e. The molecule has 182 valence electrons. The van der Waals surface area contributed by atoms with Crippen LogP contribution in [0.5, 0.6) is 17.2 Å². The number of halogens is 2. The molecule has 0 saturated heterocycles. The average molecular weight is 511 g/mol. The number of rotatable bonds is 7. The number of aryl methyl sites for hydroxylation is 1. The highest BCUT2D eigenvalue weighted by molar-refractivity contribution is 6.35. The molecule has 0 bridgehead atoms. The third kappa shape index (κ3) is 4.67. The standard InChI is InChI=1S/C28H28Cl2N2O3/c1-4-5-12-34-25-11-10-19(13-26(25)33-3)28-32-24(21-14-20(29)15-22(30)27(21)35-28)16-23(31-32)18-8-6-17(2)7-9-18/h6-11,13-15,24,28H,4-5,12,16H2,1-3H3/t24-,28-/m1/s1. The normalized spacial score (nSPS) is 18.4. The molecule has 5 nitrogen and oxygen atoms in total. The van der Waals surface area contributed by atoms with Crippen molar-refractivity contribution in [2.24, 2.45) is 5.10 Å². The van der Waals surface area contributed by atoms with Crippen molar-refractivity contribution in [2.45, 2.75) is 45.4 Å². The molecule has 5 rings (SSSR count). The average Bonchev–Trinajstić information content (AvgIpc) is 3.30. The highest BCUT2D eigenvalue weighted by Crippen LogP contribution is 2.51. The van der Waals surface area contributed by atoms with E-state index in [1.165, 1.54) is 5.56 Å². The first-order chi connectivity index (χ1) is 17.0. The predicted octanol–water partition coefficient (Wildman–Crippen LogP) is 7.73. The van der Waals surface area contributed by atoms with E-state index in [9.17, 15) is 0 Å². The van der Waals surface area contributed by atoms with Crippen molar-refractivity contribution in [3.05, 3.63) is 86.9 Å². The van der Waals surface area contributed by atoms with Gasteiger partial charge in [-0.2, -0.15) is 5.10 Å². The van der Waals surface area contributed by atoms with Crippen molar-refractivity contribution < 1.29 is 14.2 Å². The van der Waals surface area contributed by atoms with E-state index in [-0.39, 0.29) is 6.04 Å². The molecule has 0 radical (unpaired) electrons. The van der Waals surface area contributed by atoms with Gasteiger partial charge in [-0.3, -0.25) is 0 Å². The summed E-state index contributed by atoms with van der Waals surface area (Å²) in [5.74, 6) is 2.02. The Hall–Kier alpha value is -2.89. The summed E-state index contributed by atoms with van der Waals surface area (Å²) in [4.78, 5) is 0. The molecule has 7 heteroatoms. The summed E-state index contributed by atoms with van der Waals surface area (Å²) >= 11 is 13.0. The number of hydrogen-bond donors (Lipinski definition) is 0. The third-order valence-electron chi connectivity index (χ3n) is 6.42. The highest BCUT2D eigenvalue weighted by Gasteiger charge is 2.42. The minimum Gasteiger partial charge on any atom is -0.493 e. The number of fused-ring (bicyclic) bond motifs is 3. The monoisotopic (exact) mass is 510 g/mol. The van der Waals surface area contributed by atoms with Gasteiger partial charge in [-0.15, -0.1) is 0 Å². The van der Waals surface area contributed by atoms with E-state index in [4.69, 9.17) is 42.5 Å². The van der Waals surface area contributed by atoms with Crippen molar-refractivity contribution in [1.82, 2.24) is 5.01 Å². The van der Waals surface area contributed by atoms with Crippen LogP contribution in [0.25, 0.3) is 0 Å². The summed E-state index contributed by atoms with van der Waals surface area (Å²) in [7, 11) is 1.65. The van der Waals surface area contributed by atoms with Gasteiger partial charge in [-0.05, 0) is 49.2 Å². The predicted molar refractivity (Wildman–Crippen MR) is 140 cm³/mol. The molecule has 2 aliphatic heterocycles. The maximum absolute atomic E-state index is 6.61. The van der Waals surface area contributed by atoms with E-state index in [1.807, 2.05) is 29.3 Å². The summed E-state index contributed by atoms with van der Waals surface area (Å²) < 4.78 is 18.1. The number of hydrazone groups is 1. The Balaban J connectivity index is 1.55. The van der Waals surface area contributed by atoms with E-state index in [1.54, 1.807) is 13.2 Å². The summed E-state index contributed by atoms with van der Waals surface area (Å²) in [5.41, 5.74) is 5.15. The molecular formula is C28H28Cl2N2O3. The van der Waals surface area contributed by atoms with E-state index in [2.05, 4.69) is 38.1 Å². The lowest BCUT2D eigenvalue weighted by Crippen LogP contribution is -2.33. The van der Waals surface area contributed by atoms with Crippen LogP contribution in [0.1, 0.15) is 60.7 Å². The molecule has 35 heavy (non-hydrogen) atoms. The fraction of sp³-hybridized carbons (Fsp3) is 0.321. The van der Waals surface area contributed by atoms with Gasteiger partial charge >= 0.3 is 0 Å². The van der Waals surface area contributed by atoms with Crippen LogP contribution < -0.4 is 14.2 Å². The van der Waals surface area contributed by atoms with Gasteiger partial charge < -0.3 is 14.2 Å². The van der Waals surface area contributed by atoms with Crippen LogP contribution in [0.15, 0.2) is 59.7 Å². The van der Waals surface area contributed by atoms with Crippen molar-refractivity contribution in [3.8, 4) is 17.2 Å². The molecule has 2 atom stereocenters. The summed E-state index contributed by atoms with van der Waals surface area (Å²) in [6, 6.07) is 17.9. The van der Waals surface area contributed by atoms with Crippen molar-refractivity contribution in [2.75, 3.05) is 13.7 Å². The molecule has 0 fully saturated rings. The first-order valence-corrected chi connectivity index (χ1v) is 12.6. The topological polar surface area (TPSA) is 43.3 Å². The van der Waals surface area contributed by atoms with E-state index >= 15 is 0 Å². The first-order valence-electron chi connectivity index (χ1n) is 11.9. The lowest BCUT2D eigenvalue weighted by molar-refractivity contribution is -0.0190. The molecule has 0 unspecified atom stereocenters. The molecule has 2 aliphatic rings. The quantitative estimate of drug-likeness (QED) is 0.305. The van der Waals surface area contributed by atoms with Crippen LogP contribution in [0.3, 0.4) is 0 Å². The van der Waals surface area contributed by atoms with Crippen LogP contribution in [0.4, 0.5) is 0 Å². The number of nitrogens with zero attached hydrogens (tertiary/aromatic N) is 2. The second-order valence-corrected chi connectivity index (χ2v) is 9.74. The summed E-state index contributed by atoms with van der Waals surface area (Å²) in [6.07, 6.45) is 2.30. The minimum atomic E-state index is -0.479. The molecule has 2 heterocycles. The molecular weight excluding hydrogens is 483 g/mol. The Labute approximate surface area is 216 Å². The van der Waals surface area contributed by atoms with Gasteiger partial charge in [0.25, 0.3) is 0 Å². The Kier molecular flexibility index (Phi) is 6.81. The van der Waals surface area contributed by atoms with Gasteiger partial charge in [0, 0.05) is 22.6 Å². The molecule has 0 amide bonds. The molecule has 0 aliphatic carbocycles. The second kappa shape index (κ2) is 10.00. The lowest BCUT2D eigenvalue weighted by atomic mass is 9.95. The Morgan fingerprint density at radius 2 is 1.86 bits per heavy atom. The summed E-state index contributed by atoms with van der Waals surface area (Å²) in [6.45, 7) is 4.86. The van der Waals surface area contributed by atoms with Crippen LogP contribution in [0.2, 0.25) is 10.0 Å². The lowest BCUT2D eigenvalue weighted by Gasteiger charge is -2.38. The zero-order chi connectivity index (χ0) is 24.5. The minimum absolute atomic E-state index is 0.0530. The van der Waals surface area contributed by atoms with Crippen molar-refractivity contribution in [3.63, 3.8) is 0 Å². The zero-order valence-corrected chi connectivity index (χ0v) is 21.6. The zero-order valence-electron chi connectivity index (χ0n) is 20.1. The number of hydrogen-bond acceptors (Lipinski definition) is 5. The van der Waals surface area contributed by atoms with Crippen LogP contribution in [0, 0.1) is 6.92 Å². The molecule has 3 aromatic carbocycles. The van der Waals surface area contributed by atoms with Gasteiger partial charge in [0.1, 0.15) is 5.75 Å².